The van der Waals surface area contributed by atoms with Crippen LogP contribution in [0, 0.1) is 11.6 Å². The summed E-state index contributed by atoms with van der Waals surface area (Å²) in [6.45, 7) is 2.79. The number of halogens is 2. The molecular formula is C14H19F2NO2. The van der Waals surface area contributed by atoms with Crippen LogP contribution in [-0.4, -0.2) is 30.4 Å². The third-order valence-electron chi connectivity index (χ3n) is 3.43. The molecule has 1 aliphatic rings. The van der Waals surface area contributed by atoms with Gasteiger partial charge in [0.2, 0.25) is 0 Å². The molecule has 1 unspecified atom stereocenters. The van der Waals surface area contributed by atoms with E-state index in [1.165, 1.54) is 6.07 Å². The van der Waals surface area contributed by atoms with E-state index < -0.39 is 17.7 Å². The van der Waals surface area contributed by atoms with Crippen molar-refractivity contribution in [3.63, 3.8) is 0 Å². The Balaban J connectivity index is 1.81. The van der Waals surface area contributed by atoms with Crippen molar-refractivity contribution >= 4 is 0 Å². The van der Waals surface area contributed by atoms with Crippen molar-refractivity contribution < 1.29 is 18.6 Å². The lowest BCUT2D eigenvalue weighted by Gasteiger charge is -2.36. The second kappa shape index (κ2) is 6.41. The number of nitrogens with one attached hydrogen (secondary N) is 1. The van der Waals surface area contributed by atoms with Crippen LogP contribution in [0.15, 0.2) is 18.2 Å². The molecule has 1 aromatic rings. The number of ether oxygens (including phenoxy) is 1. The highest BCUT2D eigenvalue weighted by Gasteiger charge is 2.30. The molecule has 0 bridgehead atoms. The zero-order valence-electron chi connectivity index (χ0n) is 10.9. The minimum absolute atomic E-state index is 0.140. The molecule has 3 nitrogen and oxygen atoms in total. The number of rotatable bonds is 6. The Kier molecular flexibility index (Phi) is 4.85. The molecular weight excluding hydrogens is 252 g/mol. The van der Waals surface area contributed by atoms with Crippen molar-refractivity contribution in [2.24, 2.45) is 0 Å². The third kappa shape index (κ3) is 3.49. The van der Waals surface area contributed by atoms with Crippen molar-refractivity contribution in [2.45, 2.75) is 38.0 Å². The van der Waals surface area contributed by atoms with Gasteiger partial charge in [-0.25, -0.2) is 8.78 Å². The number of hydrogen-bond donors (Lipinski definition) is 2. The molecule has 0 aromatic heterocycles. The van der Waals surface area contributed by atoms with Crippen molar-refractivity contribution in [1.29, 1.82) is 0 Å². The monoisotopic (exact) mass is 271 g/mol. The highest BCUT2D eigenvalue weighted by atomic mass is 19.1. The van der Waals surface area contributed by atoms with Gasteiger partial charge < -0.3 is 15.2 Å². The summed E-state index contributed by atoms with van der Waals surface area (Å²) >= 11 is 0. The fourth-order valence-electron chi connectivity index (χ4n) is 2.31. The first-order valence-corrected chi connectivity index (χ1v) is 6.58. The molecule has 0 radical (unpaired) electrons. The van der Waals surface area contributed by atoms with Gasteiger partial charge >= 0.3 is 0 Å². The summed E-state index contributed by atoms with van der Waals surface area (Å²) in [6, 6.07) is 3.83. The Morgan fingerprint density at radius 3 is 2.58 bits per heavy atom. The molecule has 1 fully saturated rings. The molecule has 1 atom stereocenters. The number of benzene rings is 1. The average Bonchev–Trinajstić information content (AvgIpc) is 2.31. The van der Waals surface area contributed by atoms with E-state index in [0.717, 1.165) is 25.0 Å². The Morgan fingerprint density at radius 1 is 1.37 bits per heavy atom. The zero-order valence-corrected chi connectivity index (χ0v) is 10.9. The van der Waals surface area contributed by atoms with E-state index in [0.29, 0.717) is 6.61 Å². The quantitative estimate of drug-likeness (QED) is 0.833. The van der Waals surface area contributed by atoms with Crippen molar-refractivity contribution in [3.8, 4) is 0 Å². The van der Waals surface area contributed by atoms with E-state index in [1.54, 1.807) is 0 Å². The molecule has 2 N–H and O–H groups in total. The van der Waals surface area contributed by atoms with E-state index in [1.807, 2.05) is 6.92 Å². The van der Waals surface area contributed by atoms with E-state index in [9.17, 15) is 13.9 Å². The fourth-order valence-corrected chi connectivity index (χ4v) is 2.31. The first kappa shape index (κ1) is 14.4. The molecule has 0 aliphatic heterocycles. The van der Waals surface area contributed by atoms with Gasteiger partial charge in [-0.3, -0.25) is 0 Å². The summed E-state index contributed by atoms with van der Waals surface area (Å²) in [4.78, 5) is 0. The summed E-state index contributed by atoms with van der Waals surface area (Å²) < 4.78 is 32.3. The highest BCUT2D eigenvalue weighted by Crippen LogP contribution is 2.25. The van der Waals surface area contributed by atoms with Gasteiger partial charge in [0, 0.05) is 19.2 Å². The zero-order chi connectivity index (χ0) is 13.8. The van der Waals surface area contributed by atoms with Crippen LogP contribution in [0.2, 0.25) is 0 Å². The summed E-state index contributed by atoms with van der Waals surface area (Å²) in [7, 11) is 0. The van der Waals surface area contributed by atoms with Crippen LogP contribution in [0.3, 0.4) is 0 Å². The van der Waals surface area contributed by atoms with Crippen LogP contribution >= 0.6 is 0 Å². The van der Waals surface area contributed by atoms with Gasteiger partial charge in [0.05, 0.1) is 17.8 Å². The molecule has 5 heteroatoms. The molecule has 19 heavy (non-hydrogen) atoms. The number of aliphatic hydroxyl groups is 1. The normalized spacial score (nSPS) is 24.0. The first-order valence-electron chi connectivity index (χ1n) is 6.58. The van der Waals surface area contributed by atoms with Gasteiger partial charge in [-0.1, -0.05) is 6.07 Å². The van der Waals surface area contributed by atoms with Crippen LogP contribution in [0.5, 0.6) is 0 Å². The van der Waals surface area contributed by atoms with Crippen LogP contribution in [-0.2, 0) is 4.74 Å². The molecule has 2 rings (SSSR count). The Bertz CT molecular complexity index is 402. The highest BCUT2D eigenvalue weighted by molar-refractivity contribution is 5.22. The smallest absolute Gasteiger partial charge is 0.131 e. The Labute approximate surface area is 111 Å². The first-order chi connectivity index (χ1) is 9.11. The predicted octanol–water partition coefficient (Wildman–Crippen LogP) is 2.16. The fraction of sp³-hybridized carbons (Fsp3) is 0.571. The van der Waals surface area contributed by atoms with E-state index in [-0.39, 0.29) is 24.3 Å². The average molecular weight is 271 g/mol. The lowest BCUT2D eigenvalue weighted by Crippen LogP contribution is -2.46. The summed E-state index contributed by atoms with van der Waals surface area (Å²) in [5.74, 6) is -1.43. The molecule has 0 heterocycles. The Morgan fingerprint density at radius 2 is 2.00 bits per heavy atom. The lowest BCUT2D eigenvalue weighted by atomic mass is 9.89. The number of aliphatic hydroxyl groups excluding tert-OH is 1. The SMILES string of the molecule is CCOC1CC(NCC(O)c2c(F)cccc2F)C1. The molecule has 1 saturated carbocycles. The van der Waals surface area contributed by atoms with Gasteiger partial charge in [-0.2, -0.15) is 0 Å². The summed E-state index contributed by atoms with van der Waals surface area (Å²) in [6.07, 6.45) is 0.845. The number of hydrogen-bond acceptors (Lipinski definition) is 3. The van der Waals surface area contributed by atoms with Crippen molar-refractivity contribution in [3.05, 3.63) is 35.4 Å². The molecule has 0 saturated heterocycles. The molecule has 1 aromatic carbocycles. The largest absolute Gasteiger partial charge is 0.387 e. The lowest BCUT2D eigenvalue weighted by molar-refractivity contribution is -0.0125. The van der Waals surface area contributed by atoms with E-state index in [2.05, 4.69) is 5.32 Å². The van der Waals surface area contributed by atoms with Crippen LogP contribution in [0.1, 0.15) is 31.4 Å². The van der Waals surface area contributed by atoms with Gasteiger partial charge in [0.25, 0.3) is 0 Å². The van der Waals surface area contributed by atoms with Crippen LogP contribution < -0.4 is 5.32 Å². The summed E-state index contributed by atoms with van der Waals surface area (Å²) in [5.41, 5.74) is -0.268. The standard InChI is InChI=1S/C14H19F2NO2/c1-2-19-10-6-9(7-10)17-8-13(18)14-11(15)4-3-5-12(14)16/h3-5,9-10,13,17-18H,2,6-8H2,1H3. The second-order valence-corrected chi connectivity index (χ2v) is 4.81. The van der Waals surface area contributed by atoms with Gasteiger partial charge in [0.1, 0.15) is 11.6 Å². The van der Waals surface area contributed by atoms with Crippen molar-refractivity contribution in [1.82, 2.24) is 5.32 Å². The molecule has 106 valence electrons. The molecule has 0 amide bonds. The van der Waals surface area contributed by atoms with Gasteiger partial charge in [-0.15, -0.1) is 0 Å². The second-order valence-electron chi connectivity index (χ2n) is 4.81. The van der Waals surface area contributed by atoms with Crippen LogP contribution in [0.25, 0.3) is 0 Å². The maximum atomic E-state index is 13.4. The van der Waals surface area contributed by atoms with Gasteiger partial charge in [0.15, 0.2) is 0 Å². The molecule has 1 aliphatic carbocycles. The topological polar surface area (TPSA) is 41.5 Å². The predicted molar refractivity (Wildman–Crippen MR) is 67.8 cm³/mol. The van der Waals surface area contributed by atoms with Crippen molar-refractivity contribution in [2.75, 3.05) is 13.2 Å². The van der Waals surface area contributed by atoms with Crippen LogP contribution in [0.4, 0.5) is 8.78 Å². The maximum Gasteiger partial charge on any atom is 0.131 e. The van der Waals surface area contributed by atoms with E-state index in [4.69, 9.17) is 4.74 Å². The third-order valence-corrected chi connectivity index (χ3v) is 3.43. The molecule has 0 spiro atoms. The summed E-state index contributed by atoms with van der Waals surface area (Å²) in [5, 5.41) is 12.9. The van der Waals surface area contributed by atoms with Gasteiger partial charge in [-0.05, 0) is 31.9 Å². The minimum Gasteiger partial charge on any atom is -0.387 e. The Hall–Kier alpha value is -1.04. The van der Waals surface area contributed by atoms with E-state index >= 15 is 0 Å². The minimum atomic E-state index is -1.17. The maximum absolute atomic E-state index is 13.4.